The number of nitrogens with zero attached hydrogens (tertiary/aromatic N) is 4. The van der Waals surface area contributed by atoms with Gasteiger partial charge in [0.2, 0.25) is 5.91 Å². The van der Waals surface area contributed by atoms with Crippen molar-refractivity contribution in [1.29, 1.82) is 0 Å². The Kier molecular flexibility index (Phi) is 7.95. The summed E-state index contributed by atoms with van der Waals surface area (Å²) >= 11 is 0. The highest BCUT2D eigenvalue weighted by atomic mass is 35.5. The molecule has 8 nitrogen and oxygen atoms in total. The molecule has 9 heteroatoms. The second kappa shape index (κ2) is 10.2. The van der Waals surface area contributed by atoms with Gasteiger partial charge in [0.25, 0.3) is 5.91 Å². The van der Waals surface area contributed by atoms with Gasteiger partial charge in [-0.2, -0.15) is 0 Å². The number of piperidine rings is 1. The Labute approximate surface area is 170 Å². The summed E-state index contributed by atoms with van der Waals surface area (Å²) in [7, 11) is 0. The molecule has 1 aromatic carbocycles. The van der Waals surface area contributed by atoms with Crippen molar-refractivity contribution in [2.24, 2.45) is 5.73 Å². The van der Waals surface area contributed by atoms with E-state index in [1.807, 2.05) is 41.9 Å². The van der Waals surface area contributed by atoms with Crippen molar-refractivity contribution >= 4 is 24.2 Å². The zero-order chi connectivity index (χ0) is 19.2. The number of amides is 2. The lowest BCUT2D eigenvalue weighted by atomic mass is 10.1. The fourth-order valence-electron chi connectivity index (χ4n) is 3.39. The predicted molar refractivity (Wildman–Crippen MR) is 108 cm³/mol. The highest BCUT2D eigenvalue weighted by Gasteiger charge is 2.26. The van der Waals surface area contributed by atoms with E-state index in [4.69, 9.17) is 5.73 Å². The van der Waals surface area contributed by atoms with Gasteiger partial charge in [0.1, 0.15) is 0 Å². The van der Waals surface area contributed by atoms with Crippen LogP contribution in [0, 0.1) is 6.92 Å². The number of benzene rings is 1. The first-order valence-corrected chi connectivity index (χ1v) is 9.30. The van der Waals surface area contributed by atoms with E-state index >= 15 is 0 Å². The van der Waals surface area contributed by atoms with E-state index < -0.39 is 5.91 Å². The van der Waals surface area contributed by atoms with Crippen LogP contribution < -0.4 is 11.1 Å². The fraction of sp³-hybridized carbons (Fsp3) is 0.474. The lowest BCUT2D eigenvalue weighted by Gasteiger charge is -2.24. The van der Waals surface area contributed by atoms with Gasteiger partial charge in [0.15, 0.2) is 5.69 Å². The zero-order valence-electron chi connectivity index (χ0n) is 16.0. The molecule has 1 aromatic heterocycles. The standard InChI is InChI=1S/C19H26N6O2.ClH/c1-14-18(22-23-25(14)16-7-10-21-11-8-16)19(27)24(12-9-17(20)26)13-15-5-3-2-4-6-15;/h2-6,16,21H,7-13H2,1H3,(H2,20,26);1H. The Balaban J connectivity index is 0.00000280. The molecule has 2 amide bonds. The summed E-state index contributed by atoms with van der Waals surface area (Å²) < 4.78 is 1.86. The summed E-state index contributed by atoms with van der Waals surface area (Å²) in [4.78, 5) is 26.0. The van der Waals surface area contributed by atoms with Crippen LogP contribution in [0.15, 0.2) is 30.3 Å². The third-order valence-corrected chi connectivity index (χ3v) is 4.92. The fourth-order valence-corrected chi connectivity index (χ4v) is 3.39. The van der Waals surface area contributed by atoms with Crippen molar-refractivity contribution < 1.29 is 9.59 Å². The number of carbonyl (C=O) groups excluding carboxylic acids is 2. The molecule has 1 aliphatic rings. The number of aromatic nitrogens is 3. The molecule has 0 bridgehead atoms. The van der Waals surface area contributed by atoms with Gasteiger partial charge in [-0.3, -0.25) is 9.59 Å². The first-order valence-electron chi connectivity index (χ1n) is 9.30. The summed E-state index contributed by atoms with van der Waals surface area (Å²) in [6, 6.07) is 9.92. The lowest BCUT2D eigenvalue weighted by molar-refractivity contribution is -0.118. The highest BCUT2D eigenvalue weighted by molar-refractivity contribution is 5.93. The number of halogens is 1. The van der Waals surface area contributed by atoms with Crippen LogP contribution in [-0.4, -0.2) is 51.3 Å². The number of primary amides is 1. The van der Waals surface area contributed by atoms with Gasteiger partial charge in [-0.1, -0.05) is 35.5 Å². The van der Waals surface area contributed by atoms with Gasteiger partial charge < -0.3 is 16.0 Å². The molecule has 2 aromatic rings. The molecule has 3 rings (SSSR count). The van der Waals surface area contributed by atoms with Gasteiger partial charge in [-0.05, 0) is 38.4 Å². The zero-order valence-corrected chi connectivity index (χ0v) is 16.8. The number of rotatable bonds is 7. The summed E-state index contributed by atoms with van der Waals surface area (Å²) in [6.45, 7) is 4.40. The van der Waals surface area contributed by atoms with Gasteiger partial charge in [0.05, 0.1) is 11.7 Å². The van der Waals surface area contributed by atoms with Crippen LogP contribution in [0.25, 0.3) is 0 Å². The molecule has 1 aliphatic heterocycles. The molecule has 0 atom stereocenters. The van der Waals surface area contributed by atoms with Crippen LogP contribution >= 0.6 is 12.4 Å². The first kappa shape index (κ1) is 21.8. The molecule has 0 unspecified atom stereocenters. The number of hydrogen-bond donors (Lipinski definition) is 2. The van der Waals surface area contributed by atoms with E-state index in [9.17, 15) is 9.59 Å². The number of nitrogens with one attached hydrogen (secondary N) is 1. The average molecular weight is 407 g/mol. The molecule has 0 saturated carbocycles. The molecule has 3 N–H and O–H groups in total. The maximum Gasteiger partial charge on any atom is 0.276 e. The molecular weight excluding hydrogens is 380 g/mol. The van der Waals surface area contributed by atoms with E-state index in [1.54, 1.807) is 4.90 Å². The van der Waals surface area contributed by atoms with Crippen LogP contribution in [0.4, 0.5) is 0 Å². The van der Waals surface area contributed by atoms with E-state index in [2.05, 4.69) is 15.6 Å². The third-order valence-electron chi connectivity index (χ3n) is 4.92. The van der Waals surface area contributed by atoms with Crippen LogP contribution in [0.5, 0.6) is 0 Å². The summed E-state index contributed by atoms with van der Waals surface area (Å²) in [5.41, 5.74) is 7.38. The minimum Gasteiger partial charge on any atom is -0.370 e. The van der Waals surface area contributed by atoms with E-state index in [0.29, 0.717) is 12.2 Å². The molecule has 28 heavy (non-hydrogen) atoms. The molecule has 0 aliphatic carbocycles. The predicted octanol–water partition coefficient (Wildman–Crippen LogP) is 1.45. The number of nitrogens with two attached hydrogens (primary N) is 1. The SMILES string of the molecule is Cc1c(C(=O)N(CCC(N)=O)Cc2ccccc2)nnn1C1CCNCC1.Cl. The molecule has 1 fully saturated rings. The van der Waals surface area contributed by atoms with Crippen molar-refractivity contribution in [1.82, 2.24) is 25.2 Å². The van der Waals surface area contributed by atoms with Crippen molar-refractivity contribution in [3.8, 4) is 0 Å². The maximum atomic E-state index is 13.1. The Morgan fingerprint density at radius 3 is 2.57 bits per heavy atom. The third kappa shape index (κ3) is 5.30. The van der Waals surface area contributed by atoms with Crippen molar-refractivity contribution in [3.63, 3.8) is 0 Å². The quantitative estimate of drug-likeness (QED) is 0.723. The molecule has 152 valence electrons. The Morgan fingerprint density at radius 2 is 1.93 bits per heavy atom. The topological polar surface area (TPSA) is 106 Å². The second-order valence-corrected chi connectivity index (χ2v) is 6.88. The van der Waals surface area contributed by atoms with E-state index in [1.165, 1.54) is 0 Å². The molecule has 0 spiro atoms. The van der Waals surface area contributed by atoms with E-state index in [-0.39, 0.29) is 37.3 Å². The normalized spacial score (nSPS) is 14.3. The number of hydrogen-bond acceptors (Lipinski definition) is 5. The first-order chi connectivity index (χ1) is 13.1. The Morgan fingerprint density at radius 1 is 1.25 bits per heavy atom. The van der Waals surface area contributed by atoms with Crippen LogP contribution in [0.3, 0.4) is 0 Å². The van der Waals surface area contributed by atoms with Gasteiger partial charge in [0, 0.05) is 19.5 Å². The van der Waals surface area contributed by atoms with Gasteiger partial charge >= 0.3 is 0 Å². The summed E-state index contributed by atoms with van der Waals surface area (Å²) in [5.74, 6) is -0.659. The van der Waals surface area contributed by atoms with Crippen LogP contribution in [-0.2, 0) is 11.3 Å². The Hall–Kier alpha value is -2.45. The smallest absolute Gasteiger partial charge is 0.276 e. The highest BCUT2D eigenvalue weighted by Crippen LogP contribution is 2.21. The minimum absolute atomic E-state index is 0. The second-order valence-electron chi connectivity index (χ2n) is 6.88. The van der Waals surface area contributed by atoms with Crippen molar-refractivity contribution in [3.05, 3.63) is 47.3 Å². The van der Waals surface area contributed by atoms with Crippen molar-refractivity contribution in [2.45, 2.75) is 38.8 Å². The Bertz CT molecular complexity index is 789. The largest absolute Gasteiger partial charge is 0.370 e. The molecule has 0 radical (unpaired) electrons. The van der Waals surface area contributed by atoms with Crippen LogP contribution in [0.2, 0.25) is 0 Å². The van der Waals surface area contributed by atoms with Crippen LogP contribution in [0.1, 0.15) is 47.1 Å². The summed E-state index contributed by atoms with van der Waals surface area (Å²) in [6.07, 6.45) is 2.04. The average Bonchev–Trinajstić information content (AvgIpc) is 3.07. The monoisotopic (exact) mass is 406 g/mol. The summed E-state index contributed by atoms with van der Waals surface area (Å²) in [5, 5.41) is 11.7. The molecule has 1 saturated heterocycles. The molecular formula is C19H27ClN6O2. The minimum atomic E-state index is -0.434. The van der Waals surface area contributed by atoms with Crippen molar-refractivity contribution in [2.75, 3.05) is 19.6 Å². The lowest BCUT2D eigenvalue weighted by Crippen LogP contribution is -2.34. The molecule has 2 heterocycles. The van der Waals surface area contributed by atoms with Gasteiger partial charge in [-0.25, -0.2) is 4.68 Å². The maximum absolute atomic E-state index is 13.1. The van der Waals surface area contributed by atoms with E-state index in [0.717, 1.165) is 37.2 Å². The van der Waals surface area contributed by atoms with Gasteiger partial charge in [-0.15, -0.1) is 17.5 Å². The number of carbonyl (C=O) groups is 2.